The second-order valence-electron chi connectivity index (χ2n) is 6.04. The molecule has 0 aromatic rings. The van der Waals surface area contributed by atoms with Gasteiger partial charge < -0.3 is 21.5 Å². The molecule has 0 amide bonds. The molecule has 2 unspecified atom stereocenters. The lowest BCUT2D eigenvalue weighted by molar-refractivity contribution is -0.133. The molecule has 0 saturated carbocycles. The summed E-state index contributed by atoms with van der Waals surface area (Å²) < 4.78 is 68.0. The Balaban J connectivity index is 2.49. The zero-order chi connectivity index (χ0) is 18.6. The largest absolute Gasteiger partial charge is 0.483 e. The summed E-state index contributed by atoms with van der Waals surface area (Å²) in [6.07, 6.45) is -5.41. The Hall–Kier alpha value is 0.891. The first kappa shape index (κ1) is 21.2. The number of alkyl halides is 3. The average molecular weight is 442 g/mol. The highest BCUT2D eigenvalue weighted by molar-refractivity contribution is 6.75. The molecule has 0 N–H and O–H groups in total. The topological polar surface area (TPSA) is 46.2 Å². The molecule has 0 aromatic heterocycles. The van der Waals surface area contributed by atoms with Crippen molar-refractivity contribution < 1.29 is 34.7 Å². The summed E-state index contributed by atoms with van der Waals surface area (Å²) in [7, 11) is 3.04. The van der Waals surface area contributed by atoms with Crippen LogP contribution in [-0.4, -0.2) is 79.9 Å². The molecule has 2 fully saturated rings. The summed E-state index contributed by atoms with van der Waals surface area (Å²) in [6.45, 7) is 6.77. The van der Waals surface area contributed by atoms with E-state index in [2.05, 4.69) is 30.7 Å². The van der Waals surface area contributed by atoms with Crippen molar-refractivity contribution >= 4 is 58.1 Å². The second-order valence-corrected chi connectivity index (χ2v) is 14.7. The van der Waals surface area contributed by atoms with Crippen molar-refractivity contribution in [2.45, 2.75) is 61.3 Å². The molecule has 24 heavy (non-hydrogen) atoms. The number of fused-ring (bicyclic) bond motifs is 2. The Morgan fingerprint density at radius 1 is 0.958 bits per heavy atom. The summed E-state index contributed by atoms with van der Waals surface area (Å²) in [5.41, 5.74) is 0. The van der Waals surface area contributed by atoms with Crippen molar-refractivity contribution in [3.05, 3.63) is 0 Å². The van der Waals surface area contributed by atoms with Crippen molar-refractivity contribution in [1.29, 1.82) is 0 Å². The van der Waals surface area contributed by atoms with Crippen LogP contribution >= 0.6 is 0 Å². The molecule has 131 valence electrons. The van der Waals surface area contributed by atoms with Crippen LogP contribution in [0.1, 0.15) is 20.3 Å². The molecule has 2 saturated heterocycles. The lowest BCUT2D eigenvalue weighted by Gasteiger charge is -2.52. The van der Waals surface area contributed by atoms with Crippen LogP contribution < -0.4 is 0 Å². The van der Waals surface area contributed by atoms with Crippen LogP contribution in [0.4, 0.5) is 13.2 Å². The Labute approximate surface area is 154 Å². The van der Waals surface area contributed by atoms with Gasteiger partial charge in [-0.2, -0.15) is 13.2 Å². The van der Waals surface area contributed by atoms with E-state index in [4.69, 9.17) is 21.5 Å². The van der Waals surface area contributed by atoms with Crippen LogP contribution in [0.3, 0.4) is 0 Å². The van der Waals surface area contributed by atoms with Gasteiger partial charge in [0.05, 0.1) is 46.4 Å². The van der Waals surface area contributed by atoms with Gasteiger partial charge in [0.15, 0.2) is 0 Å². The Bertz CT molecular complexity index is 464. The van der Waals surface area contributed by atoms with E-state index in [1.165, 1.54) is 0 Å². The number of rotatable bonds is 2. The molecule has 2 rings (SSSR count). The van der Waals surface area contributed by atoms with Gasteiger partial charge in [0, 0.05) is 12.5 Å². The van der Waals surface area contributed by atoms with Crippen LogP contribution in [0.15, 0.2) is 0 Å². The molecule has 2 aliphatic heterocycles. The smallest absolute Gasteiger partial charge is 0.393 e. The molecular formula is C10H16F3O5Si6. The number of hydrogen-bond acceptors (Lipinski definition) is 5. The first-order valence-corrected chi connectivity index (χ1v) is 14.1. The third-order valence-corrected chi connectivity index (χ3v) is 14.4. The zero-order valence-corrected chi connectivity index (χ0v) is 19.6. The van der Waals surface area contributed by atoms with Crippen LogP contribution in [0.5, 0.6) is 0 Å². The highest BCUT2D eigenvalue weighted by Gasteiger charge is 2.66. The SMILES string of the molecule is C[Si]1OC(C)([Si])C2([Si])O[Si](CCC(F)(F)F)(O1)O[Si](C)OC2(C)[Si]. The van der Waals surface area contributed by atoms with E-state index in [0.29, 0.717) is 0 Å². The highest BCUT2D eigenvalue weighted by atomic mass is 28.5. The minimum Gasteiger partial charge on any atom is -0.393 e. The van der Waals surface area contributed by atoms with E-state index < -0.39 is 61.7 Å². The maximum Gasteiger partial charge on any atom is 0.483 e. The summed E-state index contributed by atoms with van der Waals surface area (Å²) in [5, 5.41) is -3.64. The molecular weight excluding hydrogens is 426 g/mol. The Kier molecular flexibility index (Phi) is 5.74. The molecule has 0 spiro atoms. The third kappa shape index (κ3) is 4.07. The molecule has 5 nitrogen and oxygen atoms in total. The van der Waals surface area contributed by atoms with Crippen LogP contribution in [-0.2, 0) is 21.5 Å². The van der Waals surface area contributed by atoms with E-state index in [1.54, 1.807) is 26.9 Å². The lowest BCUT2D eigenvalue weighted by atomic mass is 10.1. The van der Waals surface area contributed by atoms with Gasteiger partial charge in [-0.05, 0) is 26.9 Å². The minimum atomic E-state index is -4.34. The predicted octanol–water partition coefficient (Wildman–Crippen LogP) is 0.858. The molecule has 11 radical (unpaired) electrons. The highest BCUT2D eigenvalue weighted by Crippen LogP contribution is 2.45. The fraction of sp³-hybridized carbons (Fsp3) is 1.00. The second kappa shape index (κ2) is 6.50. The summed E-state index contributed by atoms with van der Waals surface area (Å²) in [4.78, 5) is 0. The normalized spacial score (nSPS) is 45.8. The zero-order valence-electron chi connectivity index (χ0n) is 13.6. The van der Waals surface area contributed by atoms with Gasteiger partial charge in [0.2, 0.25) is 0 Å². The quantitative estimate of drug-likeness (QED) is 0.595. The molecule has 14 heteroatoms. The first-order valence-electron chi connectivity index (χ1n) is 7.07. The van der Waals surface area contributed by atoms with E-state index in [1.807, 2.05) is 0 Å². The first-order chi connectivity index (χ1) is 10.6. The summed E-state index contributed by atoms with van der Waals surface area (Å²) >= 11 is 0. The van der Waals surface area contributed by atoms with E-state index in [-0.39, 0.29) is 0 Å². The molecule has 2 heterocycles. The monoisotopic (exact) mass is 441 g/mol. The third-order valence-electron chi connectivity index (χ3n) is 3.66. The van der Waals surface area contributed by atoms with Gasteiger partial charge in [0.1, 0.15) is 0 Å². The number of halogens is 3. The average Bonchev–Trinajstić information content (AvgIpc) is 2.44. The molecule has 2 bridgehead atoms. The van der Waals surface area contributed by atoms with Crippen molar-refractivity contribution in [1.82, 2.24) is 0 Å². The van der Waals surface area contributed by atoms with Gasteiger partial charge in [-0.15, -0.1) is 0 Å². The Morgan fingerprint density at radius 3 is 1.75 bits per heavy atom. The van der Waals surface area contributed by atoms with E-state index in [0.717, 1.165) is 0 Å². The van der Waals surface area contributed by atoms with Crippen molar-refractivity contribution in [2.75, 3.05) is 0 Å². The van der Waals surface area contributed by atoms with Gasteiger partial charge in [0.25, 0.3) is 0 Å². The van der Waals surface area contributed by atoms with Gasteiger partial charge in [-0.1, -0.05) is 0 Å². The lowest BCUT2D eigenvalue weighted by Crippen LogP contribution is -2.71. The van der Waals surface area contributed by atoms with Crippen molar-refractivity contribution in [2.24, 2.45) is 0 Å². The maximum absolute atomic E-state index is 12.8. The standard InChI is InChI=1S/C10H16F3O5Si6/c1-7(19)10(21)8(2,20)15-23(4)18-24(16-10,17-22(3)14-7)6-5-9(11,12)13/h5-6H2,1-4H3. The maximum atomic E-state index is 12.8. The van der Waals surface area contributed by atoms with Crippen molar-refractivity contribution in [3.8, 4) is 0 Å². The van der Waals surface area contributed by atoms with Crippen molar-refractivity contribution in [3.63, 3.8) is 0 Å². The predicted molar refractivity (Wildman–Crippen MR) is 86.7 cm³/mol. The summed E-state index contributed by atoms with van der Waals surface area (Å²) in [6, 6.07) is -0.399. The molecule has 0 aromatic carbocycles. The Morgan fingerprint density at radius 2 is 1.38 bits per heavy atom. The van der Waals surface area contributed by atoms with E-state index in [9.17, 15) is 13.2 Å². The molecule has 2 atom stereocenters. The fourth-order valence-electron chi connectivity index (χ4n) is 2.59. The fourth-order valence-corrected chi connectivity index (χ4v) is 13.6. The van der Waals surface area contributed by atoms with Gasteiger partial charge >= 0.3 is 33.5 Å². The number of hydrogen-bond donors (Lipinski definition) is 0. The van der Waals surface area contributed by atoms with Gasteiger partial charge in [-0.25, -0.2) is 0 Å². The van der Waals surface area contributed by atoms with Gasteiger partial charge in [-0.3, -0.25) is 0 Å². The van der Waals surface area contributed by atoms with E-state index >= 15 is 0 Å². The summed E-state index contributed by atoms with van der Waals surface area (Å²) in [5.74, 6) is 0. The van der Waals surface area contributed by atoms with Crippen LogP contribution in [0.2, 0.25) is 19.1 Å². The molecule has 2 aliphatic rings. The molecule has 0 aliphatic carbocycles. The van der Waals surface area contributed by atoms with Crippen LogP contribution in [0.25, 0.3) is 0 Å². The minimum absolute atomic E-state index is 0.399. The van der Waals surface area contributed by atoms with Crippen LogP contribution in [0, 0.1) is 0 Å².